The van der Waals surface area contributed by atoms with Crippen LogP contribution in [-0.4, -0.2) is 38.8 Å². The molecule has 1 aliphatic heterocycles. The SMILES string of the molecule is CCOC(=O)C(c1ccccc1)N1C(=O)/C(=C\c2ccccc2C(=O)O)SC1=S. The minimum Gasteiger partial charge on any atom is -0.478 e. The molecule has 148 valence electrons. The number of carbonyl (C=O) groups is 3. The van der Waals surface area contributed by atoms with E-state index in [0.29, 0.717) is 11.1 Å². The summed E-state index contributed by atoms with van der Waals surface area (Å²) in [4.78, 5) is 38.7. The van der Waals surface area contributed by atoms with Gasteiger partial charge in [0.15, 0.2) is 6.04 Å². The van der Waals surface area contributed by atoms with E-state index in [9.17, 15) is 19.5 Å². The minimum absolute atomic E-state index is 0.0720. The van der Waals surface area contributed by atoms with Crippen LogP contribution in [-0.2, 0) is 14.3 Å². The van der Waals surface area contributed by atoms with Crippen LogP contribution in [0, 0.1) is 0 Å². The zero-order valence-corrected chi connectivity index (χ0v) is 17.0. The van der Waals surface area contributed by atoms with Crippen LogP contribution in [0.5, 0.6) is 0 Å². The molecule has 1 aliphatic rings. The van der Waals surface area contributed by atoms with Crippen LogP contribution in [0.25, 0.3) is 6.08 Å². The fourth-order valence-electron chi connectivity index (χ4n) is 2.91. The topological polar surface area (TPSA) is 83.9 Å². The number of nitrogens with zero attached hydrogens (tertiary/aromatic N) is 1. The summed E-state index contributed by atoms with van der Waals surface area (Å²) >= 11 is 6.40. The van der Waals surface area contributed by atoms with E-state index in [4.69, 9.17) is 17.0 Å². The van der Waals surface area contributed by atoms with Crippen LogP contribution in [0.2, 0.25) is 0 Å². The molecule has 8 heteroatoms. The fourth-order valence-corrected chi connectivity index (χ4v) is 4.21. The van der Waals surface area contributed by atoms with Crippen LogP contribution >= 0.6 is 24.0 Å². The summed E-state index contributed by atoms with van der Waals surface area (Å²) in [6, 6.07) is 14.1. The number of thiocarbonyl (C=S) groups is 1. The molecule has 1 heterocycles. The predicted molar refractivity (Wildman–Crippen MR) is 114 cm³/mol. The Morgan fingerprint density at radius 3 is 2.48 bits per heavy atom. The molecule has 0 radical (unpaired) electrons. The van der Waals surface area contributed by atoms with Crippen molar-refractivity contribution in [3.8, 4) is 0 Å². The summed E-state index contributed by atoms with van der Waals surface area (Å²) in [5.74, 6) is -2.15. The average Bonchev–Trinajstić information content (AvgIpc) is 2.97. The number of carboxylic acids is 1. The molecule has 29 heavy (non-hydrogen) atoms. The first-order valence-corrected chi connectivity index (χ1v) is 9.97. The van der Waals surface area contributed by atoms with Crippen LogP contribution in [0.15, 0.2) is 59.5 Å². The second-order valence-electron chi connectivity index (χ2n) is 6.01. The Labute approximate surface area is 177 Å². The van der Waals surface area contributed by atoms with E-state index in [2.05, 4.69) is 0 Å². The van der Waals surface area contributed by atoms with Crippen LogP contribution in [0.4, 0.5) is 0 Å². The summed E-state index contributed by atoms with van der Waals surface area (Å²) in [5.41, 5.74) is 1.03. The number of hydrogen-bond donors (Lipinski definition) is 1. The maximum Gasteiger partial charge on any atom is 0.336 e. The van der Waals surface area contributed by atoms with Gasteiger partial charge >= 0.3 is 11.9 Å². The van der Waals surface area contributed by atoms with Crippen LogP contribution in [0.3, 0.4) is 0 Å². The predicted octanol–water partition coefficient (Wildman–Crippen LogP) is 3.89. The largest absolute Gasteiger partial charge is 0.478 e. The molecule has 1 N–H and O–H groups in total. The molecule has 3 rings (SSSR count). The highest BCUT2D eigenvalue weighted by Crippen LogP contribution is 2.39. The third kappa shape index (κ3) is 4.38. The summed E-state index contributed by atoms with van der Waals surface area (Å²) in [6.45, 7) is 1.85. The average molecular weight is 428 g/mol. The van der Waals surface area contributed by atoms with Gasteiger partial charge in [0.1, 0.15) is 4.32 Å². The number of benzene rings is 2. The number of ether oxygens (including phenoxy) is 1. The van der Waals surface area contributed by atoms with Crippen molar-refractivity contribution < 1.29 is 24.2 Å². The van der Waals surface area contributed by atoms with Gasteiger partial charge in [-0.25, -0.2) is 9.59 Å². The Morgan fingerprint density at radius 1 is 1.17 bits per heavy atom. The maximum atomic E-state index is 13.1. The quantitative estimate of drug-likeness (QED) is 0.425. The van der Waals surface area contributed by atoms with Crippen molar-refractivity contribution >= 4 is 52.2 Å². The Bertz CT molecular complexity index is 1000. The third-order valence-electron chi connectivity index (χ3n) is 4.18. The highest BCUT2D eigenvalue weighted by atomic mass is 32.2. The van der Waals surface area contributed by atoms with E-state index < -0.39 is 23.9 Å². The normalized spacial score (nSPS) is 16.2. The van der Waals surface area contributed by atoms with Crippen molar-refractivity contribution in [1.29, 1.82) is 0 Å². The van der Waals surface area contributed by atoms with Gasteiger partial charge in [-0.3, -0.25) is 9.69 Å². The molecular formula is C21H17NO5S2. The molecule has 6 nitrogen and oxygen atoms in total. The zero-order valence-electron chi connectivity index (χ0n) is 15.4. The molecule has 1 unspecified atom stereocenters. The lowest BCUT2D eigenvalue weighted by Crippen LogP contribution is -2.38. The Morgan fingerprint density at radius 2 is 1.83 bits per heavy atom. The number of esters is 1. The Balaban J connectivity index is 2.01. The van der Waals surface area contributed by atoms with Gasteiger partial charge in [-0.2, -0.15) is 0 Å². The second kappa shape index (κ2) is 9.02. The van der Waals surface area contributed by atoms with Crippen molar-refractivity contribution in [3.63, 3.8) is 0 Å². The van der Waals surface area contributed by atoms with E-state index in [1.165, 1.54) is 17.0 Å². The van der Waals surface area contributed by atoms with Gasteiger partial charge in [0, 0.05) is 0 Å². The van der Waals surface area contributed by atoms with Crippen molar-refractivity contribution in [2.75, 3.05) is 6.61 Å². The second-order valence-corrected chi connectivity index (χ2v) is 7.69. The van der Waals surface area contributed by atoms with Crippen molar-refractivity contribution in [2.24, 2.45) is 0 Å². The van der Waals surface area contributed by atoms with Crippen molar-refractivity contribution in [3.05, 3.63) is 76.2 Å². The van der Waals surface area contributed by atoms with E-state index in [1.807, 2.05) is 0 Å². The standard InChI is InChI=1S/C21H17NO5S2/c1-2-27-20(26)17(13-8-4-3-5-9-13)22-18(23)16(29-21(22)28)12-14-10-6-7-11-15(14)19(24)25/h3-12,17H,2H2,1H3,(H,24,25)/b16-12+. The Kier molecular flexibility index (Phi) is 6.46. The van der Waals surface area contributed by atoms with Gasteiger partial charge in [-0.15, -0.1) is 0 Å². The number of aromatic carboxylic acids is 1. The number of carbonyl (C=O) groups excluding carboxylic acids is 2. The summed E-state index contributed by atoms with van der Waals surface area (Å²) in [5, 5.41) is 9.36. The number of hydrogen-bond acceptors (Lipinski definition) is 6. The van der Waals surface area contributed by atoms with E-state index in [1.54, 1.807) is 55.5 Å². The number of thioether (sulfide) groups is 1. The first kappa shape index (κ1) is 20.8. The molecule has 0 aliphatic carbocycles. The Hall–Kier alpha value is -2.97. The lowest BCUT2D eigenvalue weighted by atomic mass is 10.0. The minimum atomic E-state index is -1.10. The highest BCUT2D eigenvalue weighted by molar-refractivity contribution is 8.26. The van der Waals surface area contributed by atoms with E-state index >= 15 is 0 Å². The number of amides is 1. The first-order valence-electron chi connectivity index (χ1n) is 8.75. The van der Waals surface area contributed by atoms with Crippen LogP contribution in [0.1, 0.15) is 34.5 Å². The van der Waals surface area contributed by atoms with Crippen molar-refractivity contribution in [2.45, 2.75) is 13.0 Å². The highest BCUT2D eigenvalue weighted by Gasteiger charge is 2.42. The lowest BCUT2D eigenvalue weighted by Gasteiger charge is -2.25. The number of rotatable bonds is 6. The summed E-state index contributed by atoms with van der Waals surface area (Å²) in [7, 11) is 0. The molecule has 0 bridgehead atoms. The monoisotopic (exact) mass is 427 g/mol. The smallest absolute Gasteiger partial charge is 0.336 e. The molecule has 1 atom stereocenters. The van der Waals surface area contributed by atoms with Gasteiger partial charge in [0.25, 0.3) is 5.91 Å². The van der Waals surface area contributed by atoms with Crippen LogP contribution < -0.4 is 0 Å². The molecule has 1 amide bonds. The molecule has 0 spiro atoms. The third-order valence-corrected chi connectivity index (χ3v) is 5.52. The van der Waals surface area contributed by atoms with E-state index in [-0.39, 0.29) is 21.4 Å². The van der Waals surface area contributed by atoms with Gasteiger partial charge in [-0.1, -0.05) is 72.5 Å². The molecule has 0 aromatic heterocycles. The summed E-state index contributed by atoms with van der Waals surface area (Å²) < 4.78 is 5.38. The first-order chi connectivity index (χ1) is 13.9. The van der Waals surface area contributed by atoms with E-state index in [0.717, 1.165) is 11.8 Å². The maximum absolute atomic E-state index is 13.1. The number of carboxylic acid groups (broad SMARTS) is 1. The fraction of sp³-hybridized carbons (Fsp3) is 0.143. The summed E-state index contributed by atoms with van der Waals surface area (Å²) in [6.07, 6.45) is 1.48. The van der Waals surface area contributed by atoms with Crippen molar-refractivity contribution in [1.82, 2.24) is 4.90 Å². The zero-order chi connectivity index (χ0) is 21.0. The lowest BCUT2D eigenvalue weighted by molar-refractivity contribution is -0.151. The molecule has 0 saturated carbocycles. The molecule has 1 saturated heterocycles. The van der Waals surface area contributed by atoms with Gasteiger partial charge in [0.2, 0.25) is 0 Å². The molecule has 2 aromatic rings. The molecule has 2 aromatic carbocycles. The molecule has 1 fully saturated rings. The van der Waals surface area contributed by atoms with Gasteiger partial charge in [0.05, 0.1) is 17.1 Å². The van der Waals surface area contributed by atoms with Gasteiger partial charge < -0.3 is 9.84 Å². The van der Waals surface area contributed by atoms with Gasteiger partial charge in [-0.05, 0) is 30.2 Å². The molecular weight excluding hydrogens is 410 g/mol.